The van der Waals surface area contributed by atoms with Crippen LogP contribution in [-0.2, 0) is 10.0 Å². The monoisotopic (exact) mass is 435 g/mol. The fourth-order valence-electron chi connectivity index (χ4n) is 4.18. The molecule has 4 rings (SSSR count). The zero-order chi connectivity index (χ0) is 20.3. The normalized spacial score (nSPS) is 20.2. The minimum Gasteiger partial charge on any atom is -0.449 e. The van der Waals surface area contributed by atoms with Gasteiger partial charge in [-0.2, -0.15) is 11.8 Å². The van der Waals surface area contributed by atoms with E-state index in [1.54, 1.807) is 37.5 Å². The molecule has 1 aromatic carbocycles. The van der Waals surface area contributed by atoms with Crippen molar-refractivity contribution >= 4 is 21.8 Å². The lowest BCUT2D eigenvalue weighted by Crippen LogP contribution is -2.44. The maximum absolute atomic E-state index is 12.7. The molecule has 2 aliphatic heterocycles. The Kier molecular flexibility index (Phi) is 6.63. The number of piperidine rings is 1. The van der Waals surface area contributed by atoms with E-state index in [-0.39, 0.29) is 0 Å². The molecule has 2 fully saturated rings. The van der Waals surface area contributed by atoms with Crippen LogP contribution in [0.15, 0.2) is 39.8 Å². The maximum Gasteiger partial charge on any atom is 0.240 e. The van der Waals surface area contributed by atoms with Gasteiger partial charge in [-0.05, 0) is 68.3 Å². The zero-order valence-corrected chi connectivity index (χ0v) is 18.5. The number of nitrogens with zero attached hydrogens (tertiary/aromatic N) is 2. The number of hydrogen-bond acceptors (Lipinski definition) is 6. The van der Waals surface area contributed by atoms with E-state index in [2.05, 4.69) is 26.4 Å². The maximum atomic E-state index is 12.7. The summed E-state index contributed by atoms with van der Waals surface area (Å²) in [6.45, 7) is 4.48. The van der Waals surface area contributed by atoms with Gasteiger partial charge in [0.1, 0.15) is 12.0 Å². The molecule has 6 nitrogen and oxygen atoms in total. The molecule has 0 atom stereocenters. The van der Waals surface area contributed by atoms with Crippen molar-refractivity contribution in [1.82, 2.24) is 14.6 Å². The molecule has 0 radical (unpaired) electrons. The summed E-state index contributed by atoms with van der Waals surface area (Å²) < 4.78 is 33.4. The summed E-state index contributed by atoms with van der Waals surface area (Å²) in [6.07, 6.45) is 6.31. The van der Waals surface area contributed by atoms with E-state index in [0.717, 1.165) is 37.5 Å². The highest BCUT2D eigenvalue weighted by atomic mass is 32.2. The quantitative estimate of drug-likeness (QED) is 0.748. The van der Waals surface area contributed by atoms with Crippen LogP contribution < -0.4 is 4.72 Å². The predicted octanol–water partition coefficient (Wildman–Crippen LogP) is 3.54. The Bertz CT molecular complexity index is 898. The van der Waals surface area contributed by atoms with E-state index in [4.69, 9.17) is 4.42 Å². The molecule has 0 saturated carbocycles. The minimum atomic E-state index is -3.50. The Hall–Kier alpha value is -1.35. The van der Waals surface area contributed by atoms with Gasteiger partial charge in [0.05, 0.1) is 4.90 Å². The number of likely N-dealkylation sites (tertiary alicyclic amines) is 1. The molecule has 29 heavy (non-hydrogen) atoms. The van der Waals surface area contributed by atoms with Crippen LogP contribution in [0.3, 0.4) is 0 Å². The van der Waals surface area contributed by atoms with Crippen molar-refractivity contribution in [3.8, 4) is 11.3 Å². The Balaban J connectivity index is 1.29. The van der Waals surface area contributed by atoms with Gasteiger partial charge >= 0.3 is 0 Å². The summed E-state index contributed by atoms with van der Waals surface area (Å²) in [5.41, 5.74) is 1.55. The van der Waals surface area contributed by atoms with Gasteiger partial charge in [-0.15, -0.1) is 0 Å². The lowest BCUT2D eigenvalue weighted by Gasteiger charge is -2.39. The third kappa shape index (κ3) is 5.23. The molecule has 0 unspecified atom stereocenters. The second kappa shape index (κ2) is 9.20. The Morgan fingerprint density at radius 1 is 1.14 bits per heavy atom. The lowest BCUT2D eigenvalue weighted by atomic mass is 9.95. The van der Waals surface area contributed by atoms with E-state index in [9.17, 15) is 8.42 Å². The number of hydrogen-bond donors (Lipinski definition) is 1. The number of sulfonamides is 1. The first-order valence-electron chi connectivity index (χ1n) is 10.4. The van der Waals surface area contributed by atoms with Crippen LogP contribution in [0.1, 0.15) is 31.6 Å². The van der Waals surface area contributed by atoms with Gasteiger partial charge in [-0.25, -0.2) is 18.1 Å². The number of nitrogens with one attached hydrogen (secondary N) is 1. The Labute approximate surface area is 177 Å². The van der Waals surface area contributed by atoms with Crippen molar-refractivity contribution < 1.29 is 12.8 Å². The minimum absolute atomic E-state index is 0.290. The third-order valence-corrected chi connectivity index (χ3v) is 8.49. The first-order chi connectivity index (χ1) is 14.0. The van der Waals surface area contributed by atoms with Crippen LogP contribution in [0.4, 0.5) is 0 Å². The topological polar surface area (TPSA) is 75.4 Å². The van der Waals surface area contributed by atoms with Crippen LogP contribution in [0.5, 0.6) is 0 Å². The van der Waals surface area contributed by atoms with Gasteiger partial charge in [0.25, 0.3) is 0 Å². The molecule has 0 spiro atoms. The molecule has 1 N–H and O–H groups in total. The Morgan fingerprint density at radius 2 is 1.83 bits per heavy atom. The van der Waals surface area contributed by atoms with Gasteiger partial charge in [0.15, 0.2) is 5.89 Å². The van der Waals surface area contributed by atoms with Gasteiger partial charge in [-0.3, -0.25) is 0 Å². The summed E-state index contributed by atoms with van der Waals surface area (Å²) in [4.78, 5) is 7.18. The first-order valence-corrected chi connectivity index (χ1v) is 13.0. The molecule has 1 aromatic heterocycles. The second-order valence-corrected chi connectivity index (χ2v) is 10.9. The van der Waals surface area contributed by atoms with Crippen molar-refractivity contribution in [3.05, 3.63) is 36.4 Å². The third-order valence-electron chi connectivity index (χ3n) is 6.00. The smallest absolute Gasteiger partial charge is 0.240 e. The number of benzene rings is 1. The molecule has 158 valence electrons. The van der Waals surface area contributed by atoms with Crippen molar-refractivity contribution in [3.63, 3.8) is 0 Å². The average molecular weight is 436 g/mol. The first kappa shape index (κ1) is 20.9. The van der Waals surface area contributed by atoms with Crippen LogP contribution in [0.2, 0.25) is 0 Å². The molecular weight excluding hydrogens is 406 g/mol. The SMILES string of the molecule is Cc1nc(-c2ccc(S(=O)(=O)NCC3CCN(C4CCSCC4)CC3)cc2)co1. The number of aryl methyl sites for hydroxylation is 1. The molecule has 0 bridgehead atoms. The average Bonchev–Trinajstić information content (AvgIpc) is 3.20. The molecule has 3 heterocycles. The van der Waals surface area contributed by atoms with Gasteiger partial charge in [0.2, 0.25) is 10.0 Å². The molecular formula is C21H29N3O3S2. The fraction of sp³-hybridized carbons (Fsp3) is 0.571. The predicted molar refractivity (Wildman–Crippen MR) is 117 cm³/mol. The second-order valence-electron chi connectivity index (χ2n) is 7.95. The largest absolute Gasteiger partial charge is 0.449 e. The van der Waals surface area contributed by atoms with Gasteiger partial charge in [0, 0.05) is 25.1 Å². The molecule has 2 aromatic rings. The number of aromatic nitrogens is 1. The summed E-state index contributed by atoms with van der Waals surface area (Å²) in [7, 11) is -3.50. The van der Waals surface area contributed by atoms with Crippen molar-refractivity contribution in [2.75, 3.05) is 31.1 Å². The standard InChI is InChI=1S/C21H29N3O3S2/c1-16-23-21(15-27-16)18-2-4-20(5-3-18)29(25,26)22-14-17-6-10-24(11-7-17)19-8-12-28-13-9-19/h2-5,15,17,19,22H,6-14H2,1H3. The van der Waals surface area contributed by atoms with E-state index < -0.39 is 10.0 Å². The number of rotatable bonds is 6. The van der Waals surface area contributed by atoms with Crippen LogP contribution in [0, 0.1) is 12.8 Å². The Morgan fingerprint density at radius 3 is 2.45 bits per heavy atom. The van der Waals surface area contributed by atoms with E-state index in [1.807, 2.05) is 0 Å². The van der Waals surface area contributed by atoms with E-state index in [0.29, 0.717) is 28.9 Å². The highest BCUT2D eigenvalue weighted by Gasteiger charge is 2.27. The zero-order valence-electron chi connectivity index (χ0n) is 16.8. The van der Waals surface area contributed by atoms with Crippen molar-refractivity contribution in [1.29, 1.82) is 0 Å². The molecule has 2 aliphatic rings. The molecule has 2 saturated heterocycles. The number of thioether (sulfide) groups is 1. The molecule has 0 amide bonds. The van der Waals surface area contributed by atoms with Crippen LogP contribution >= 0.6 is 11.8 Å². The highest BCUT2D eigenvalue weighted by molar-refractivity contribution is 7.99. The van der Waals surface area contributed by atoms with E-state index in [1.165, 1.54) is 24.3 Å². The number of oxazole rings is 1. The fourth-order valence-corrected chi connectivity index (χ4v) is 6.38. The van der Waals surface area contributed by atoms with Crippen molar-refractivity contribution in [2.45, 2.75) is 43.5 Å². The van der Waals surface area contributed by atoms with E-state index >= 15 is 0 Å². The van der Waals surface area contributed by atoms with Gasteiger partial charge in [-0.1, -0.05) is 12.1 Å². The molecule has 0 aliphatic carbocycles. The summed E-state index contributed by atoms with van der Waals surface area (Å²) in [5, 5.41) is 0. The summed E-state index contributed by atoms with van der Waals surface area (Å²) in [5.74, 6) is 3.56. The van der Waals surface area contributed by atoms with Crippen molar-refractivity contribution in [2.24, 2.45) is 5.92 Å². The van der Waals surface area contributed by atoms with Gasteiger partial charge < -0.3 is 9.32 Å². The lowest BCUT2D eigenvalue weighted by molar-refractivity contribution is 0.127. The van der Waals surface area contributed by atoms with Crippen LogP contribution in [-0.4, -0.2) is 55.5 Å². The highest BCUT2D eigenvalue weighted by Crippen LogP contribution is 2.26. The van der Waals surface area contributed by atoms with Crippen LogP contribution in [0.25, 0.3) is 11.3 Å². The summed E-state index contributed by atoms with van der Waals surface area (Å²) >= 11 is 2.06. The molecule has 8 heteroatoms. The summed E-state index contributed by atoms with van der Waals surface area (Å²) in [6, 6.07) is 7.54.